The van der Waals surface area contributed by atoms with Gasteiger partial charge in [-0.15, -0.1) is 0 Å². The Morgan fingerprint density at radius 3 is 1.34 bits per heavy atom. The van der Waals surface area contributed by atoms with Crippen molar-refractivity contribution < 1.29 is 72.9 Å². The Hall–Kier alpha value is -7.31. The quantitative estimate of drug-likeness (QED) is 0.0277. The molecule has 11 amide bonds. The zero-order chi connectivity index (χ0) is 63.3. The van der Waals surface area contributed by atoms with E-state index in [0.717, 1.165) is 0 Å². The predicted octanol–water partition coefficient (Wildman–Crippen LogP) is -4.46. The van der Waals surface area contributed by atoms with Gasteiger partial charge in [0, 0.05) is 18.3 Å². The molecule has 10 atom stereocenters. The Kier molecular flexibility index (Phi) is 33.5. The molecule has 0 aliphatic heterocycles. The van der Waals surface area contributed by atoms with Gasteiger partial charge in [-0.05, 0) is 81.6 Å². The molecule has 83 heavy (non-hydrogen) atoms. The molecule has 0 spiro atoms. The second-order valence-electron chi connectivity index (χ2n) is 22.3. The predicted molar refractivity (Wildman–Crippen MR) is 302 cm³/mol. The van der Waals surface area contributed by atoms with Crippen LogP contribution in [0, 0.1) is 29.6 Å². The molecule has 0 radical (unpaired) electrons. The second-order valence-corrected chi connectivity index (χ2v) is 22.3. The van der Waals surface area contributed by atoms with Gasteiger partial charge in [-0.2, -0.15) is 0 Å². The summed E-state index contributed by atoms with van der Waals surface area (Å²) in [5.41, 5.74) is 11.5. The third-order valence-electron chi connectivity index (χ3n) is 12.7. The number of nitrogens with two attached hydrogens (primary N) is 2. The lowest BCUT2D eigenvalue weighted by Gasteiger charge is -2.28. The minimum Gasteiger partial charge on any atom is -0.480 e. The van der Waals surface area contributed by atoms with Crippen molar-refractivity contribution in [3.63, 3.8) is 0 Å². The van der Waals surface area contributed by atoms with Crippen LogP contribution < -0.4 is 70.0 Å². The van der Waals surface area contributed by atoms with Crippen LogP contribution in [0.3, 0.4) is 0 Å². The summed E-state index contributed by atoms with van der Waals surface area (Å²) in [5, 5.41) is 57.4. The van der Waals surface area contributed by atoms with E-state index in [2.05, 4.69) is 68.5 Å². The summed E-state index contributed by atoms with van der Waals surface area (Å²) < 4.78 is 0. The monoisotopic (exact) mass is 1180 g/mol. The maximum absolute atomic E-state index is 13.8. The number of carbonyl (C=O) groups excluding carboxylic acids is 11. The summed E-state index contributed by atoms with van der Waals surface area (Å²) in [5.74, 6) is -12.2. The summed E-state index contributed by atoms with van der Waals surface area (Å²) in [4.78, 5) is 166. The fraction of sp³-hybridized carbons (Fsp3) is 0.717. The van der Waals surface area contributed by atoms with Gasteiger partial charge in [-0.25, -0.2) is 9.78 Å². The van der Waals surface area contributed by atoms with Gasteiger partial charge in [-0.3, -0.25) is 52.7 Å². The Morgan fingerprint density at radius 2 is 0.892 bits per heavy atom. The number of hydrogen-bond donors (Lipinski definition) is 17. The number of aromatic nitrogens is 2. The fourth-order valence-corrected chi connectivity index (χ4v) is 8.19. The molecule has 19 N–H and O–H groups in total. The summed E-state index contributed by atoms with van der Waals surface area (Å²) in [6.07, 6.45) is 3.95. The molecule has 1 rings (SSSR count). The third kappa shape index (κ3) is 27.5. The molecular formula is C53H93N15O15. The number of aliphatic hydroxyl groups is 2. The van der Waals surface area contributed by atoms with Crippen LogP contribution in [0.15, 0.2) is 12.5 Å². The first-order chi connectivity index (χ1) is 38.9. The largest absolute Gasteiger partial charge is 0.480 e. The van der Waals surface area contributed by atoms with Crippen LogP contribution in [-0.4, -0.2) is 190 Å². The van der Waals surface area contributed by atoms with Gasteiger partial charge in [0.15, 0.2) is 0 Å². The van der Waals surface area contributed by atoms with Crippen molar-refractivity contribution in [1.82, 2.24) is 68.5 Å². The van der Waals surface area contributed by atoms with Crippen molar-refractivity contribution in [2.24, 2.45) is 41.1 Å². The number of nitrogens with zero attached hydrogens (tertiary/aromatic N) is 1. The van der Waals surface area contributed by atoms with E-state index in [-0.39, 0.29) is 62.9 Å². The van der Waals surface area contributed by atoms with Gasteiger partial charge in [0.2, 0.25) is 65.0 Å². The summed E-state index contributed by atoms with van der Waals surface area (Å²) in [7, 11) is 0. The van der Waals surface area contributed by atoms with Crippen molar-refractivity contribution in [3.05, 3.63) is 18.2 Å². The van der Waals surface area contributed by atoms with Crippen LogP contribution in [0.2, 0.25) is 0 Å². The average molecular weight is 1180 g/mol. The first-order valence-electron chi connectivity index (χ1n) is 28.0. The van der Waals surface area contributed by atoms with Gasteiger partial charge >= 0.3 is 5.97 Å². The minimum atomic E-state index is -1.66. The van der Waals surface area contributed by atoms with E-state index < -0.39 is 163 Å². The van der Waals surface area contributed by atoms with Gasteiger partial charge in [0.1, 0.15) is 60.4 Å². The van der Waals surface area contributed by atoms with Crippen molar-refractivity contribution in [2.45, 2.75) is 182 Å². The van der Waals surface area contributed by atoms with Gasteiger partial charge in [0.25, 0.3) is 0 Å². The van der Waals surface area contributed by atoms with Gasteiger partial charge in [-0.1, -0.05) is 69.2 Å². The normalized spacial score (nSPS) is 15.0. The molecule has 1 aromatic rings. The molecule has 0 fully saturated rings. The Labute approximate surface area is 484 Å². The Balaban J connectivity index is 3.07. The molecular weight excluding hydrogens is 1090 g/mol. The number of rotatable bonds is 39. The fourth-order valence-electron chi connectivity index (χ4n) is 8.19. The van der Waals surface area contributed by atoms with Crippen LogP contribution in [0.4, 0.5) is 0 Å². The highest BCUT2D eigenvalue weighted by molar-refractivity contribution is 5.99. The van der Waals surface area contributed by atoms with Crippen molar-refractivity contribution in [1.29, 1.82) is 0 Å². The van der Waals surface area contributed by atoms with Crippen LogP contribution in [0.5, 0.6) is 0 Å². The standard InChI is InChI=1S/C53H93N15O15/c1-26(2)16-34(64-52(81)43(30(9)10)68-50(79)39(24-70)66-48(77)36(18-28(5)6)63-47(76)35(17-27(3)4)60-40(71)20-55)45(74)57-22-41(72)61-38(23-69)49(78)67-42(29(7)8)51(80)59-31(11)44(73)62-33(14-12-13-15-54)46(75)65-37(53(82)83)19-32-21-56-25-58-32/h21,25-31,33-39,42-43,69-70H,12-20,22-24,54-55H2,1-11H3,(H,56,58)(H,57,74)(H,59,80)(H,60,71)(H,61,72)(H,62,73)(H,63,76)(H,64,81)(H,65,75)(H,66,77)(H,67,78)(H,68,79)(H,82,83). The number of nitrogens with one attached hydrogen (secondary N) is 12. The molecule has 0 aromatic carbocycles. The molecule has 1 aromatic heterocycles. The van der Waals surface area contributed by atoms with E-state index in [1.165, 1.54) is 19.4 Å². The van der Waals surface area contributed by atoms with Gasteiger partial charge < -0.3 is 90.3 Å². The lowest BCUT2D eigenvalue weighted by Crippen LogP contribution is -2.61. The van der Waals surface area contributed by atoms with Crippen LogP contribution in [-0.2, 0) is 64.0 Å². The molecule has 10 unspecified atom stereocenters. The van der Waals surface area contributed by atoms with Gasteiger partial charge in [0.05, 0.1) is 32.6 Å². The van der Waals surface area contributed by atoms with Crippen LogP contribution >= 0.6 is 0 Å². The zero-order valence-electron chi connectivity index (χ0n) is 49.6. The summed E-state index contributed by atoms with van der Waals surface area (Å²) in [6.45, 7) is 15.7. The second kappa shape index (κ2) is 37.7. The lowest BCUT2D eigenvalue weighted by atomic mass is 9.99. The maximum atomic E-state index is 13.8. The number of hydrogen-bond acceptors (Lipinski definition) is 17. The first kappa shape index (κ1) is 73.7. The van der Waals surface area contributed by atoms with E-state index in [0.29, 0.717) is 18.5 Å². The first-order valence-corrected chi connectivity index (χ1v) is 28.0. The number of imidazole rings is 1. The average Bonchev–Trinajstić information content (AvgIpc) is 3.95. The highest BCUT2D eigenvalue weighted by Gasteiger charge is 2.36. The summed E-state index contributed by atoms with van der Waals surface area (Å²) in [6, 6.07) is -13.4. The highest BCUT2D eigenvalue weighted by Crippen LogP contribution is 2.13. The number of carboxylic acids is 1. The zero-order valence-corrected chi connectivity index (χ0v) is 49.6. The van der Waals surface area contributed by atoms with Crippen molar-refractivity contribution >= 4 is 70.9 Å². The van der Waals surface area contributed by atoms with Crippen molar-refractivity contribution in [3.8, 4) is 0 Å². The molecule has 470 valence electrons. The van der Waals surface area contributed by atoms with E-state index in [9.17, 15) is 72.9 Å². The Morgan fingerprint density at radius 1 is 0.482 bits per heavy atom. The number of aromatic amines is 1. The van der Waals surface area contributed by atoms with Crippen LogP contribution in [0.25, 0.3) is 0 Å². The third-order valence-corrected chi connectivity index (χ3v) is 12.7. The topological polar surface area (TPSA) is 479 Å². The van der Waals surface area contributed by atoms with E-state index in [1.54, 1.807) is 55.4 Å². The number of carbonyl (C=O) groups is 12. The minimum absolute atomic E-state index is 0.0308. The molecule has 30 nitrogen and oxygen atoms in total. The number of aliphatic carboxylic acids is 1. The molecule has 30 heteroatoms. The van der Waals surface area contributed by atoms with E-state index >= 15 is 0 Å². The maximum Gasteiger partial charge on any atom is 0.326 e. The van der Waals surface area contributed by atoms with Crippen LogP contribution in [0.1, 0.15) is 120 Å². The molecule has 1 heterocycles. The molecule has 0 aliphatic carbocycles. The number of carboxylic acid groups (broad SMARTS) is 1. The lowest BCUT2D eigenvalue weighted by molar-refractivity contribution is -0.142. The Bertz CT molecular complexity index is 2300. The molecule has 0 saturated carbocycles. The molecule has 0 saturated heterocycles. The number of amides is 11. The molecule has 0 aliphatic rings. The molecule has 0 bridgehead atoms. The number of aliphatic hydroxyl groups excluding tert-OH is 2. The smallest absolute Gasteiger partial charge is 0.326 e. The number of unbranched alkanes of at least 4 members (excludes halogenated alkanes) is 1. The SMILES string of the molecule is CC(C)CC(NC(=O)CN)C(=O)NC(CC(C)C)C(=O)NC(CO)C(=O)NC(C(=O)NC(CC(C)C)C(=O)NCC(=O)NC(CO)C(=O)NC(C(=O)NC(C)C(=O)NC(CCCCN)C(=O)NC(Cc1cnc[nH]1)C(=O)O)C(C)C)C(C)C. The van der Waals surface area contributed by atoms with E-state index in [1.807, 2.05) is 13.8 Å². The van der Waals surface area contributed by atoms with E-state index in [4.69, 9.17) is 11.5 Å². The summed E-state index contributed by atoms with van der Waals surface area (Å²) >= 11 is 0. The number of H-pyrrole nitrogens is 1. The highest BCUT2D eigenvalue weighted by atomic mass is 16.4. The van der Waals surface area contributed by atoms with Crippen molar-refractivity contribution in [2.75, 3.05) is 32.8 Å².